The van der Waals surface area contributed by atoms with E-state index in [9.17, 15) is 41.2 Å². The largest absolute Gasteiger partial charge is 1.00 e. The fraction of sp³-hybridized carbons (Fsp3) is 0. The predicted molar refractivity (Wildman–Crippen MR) is 103 cm³/mol. The van der Waals surface area contributed by atoms with Crippen LogP contribution in [-0.4, -0.2) is 36.0 Å². The van der Waals surface area contributed by atoms with Gasteiger partial charge in [0.25, 0.3) is 25.9 Å². The zero-order valence-corrected chi connectivity index (χ0v) is 19.2. The number of phenols is 1. The molecule has 0 saturated carbocycles. The van der Waals surface area contributed by atoms with E-state index in [0.29, 0.717) is 0 Å². The monoisotopic (exact) mass is 476 g/mol. The molecule has 3 aromatic rings. The van der Waals surface area contributed by atoms with Crippen LogP contribution in [-0.2, 0) is 20.2 Å². The number of fused-ring (bicyclic) bond motifs is 1. The van der Waals surface area contributed by atoms with Gasteiger partial charge in [-0.05, 0) is 35.7 Å². The molecule has 156 valence electrons. The van der Waals surface area contributed by atoms with Crippen molar-refractivity contribution in [2.75, 3.05) is 0 Å². The molecule has 0 unspecified atom stereocenters. The smallest absolute Gasteiger partial charge is 0.504 e. The Hall–Kier alpha value is -2.46. The fourth-order valence-electron chi connectivity index (χ4n) is 2.54. The van der Waals surface area contributed by atoms with Crippen LogP contribution in [0, 0.1) is 10.1 Å². The van der Waals surface area contributed by atoms with Crippen LogP contribution in [0.15, 0.2) is 68.6 Å². The Morgan fingerprint density at radius 2 is 1.48 bits per heavy atom. The minimum absolute atomic E-state index is 0. The van der Waals surface area contributed by atoms with E-state index in [0.717, 1.165) is 36.4 Å². The molecule has 3 rings (SSSR count). The number of rotatable bonds is 5. The van der Waals surface area contributed by atoms with E-state index in [1.807, 2.05) is 0 Å². The molecule has 15 heteroatoms. The first-order chi connectivity index (χ1) is 13.9. The van der Waals surface area contributed by atoms with Gasteiger partial charge in [0, 0.05) is 17.5 Å². The van der Waals surface area contributed by atoms with Crippen LogP contribution in [0.25, 0.3) is 10.8 Å². The van der Waals surface area contributed by atoms with Gasteiger partial charge in [-0.3, -0.25) is 19.2 Å². The molecule has 0 amide bonds. The summed E-state index contributed by atoms with van der Waals surface area (Å²) in [4.78, 5) is 8.55. The van der Waals surface area contributed by atoms with Gasteiger partial charge in [0.1, 0.15) is 10.6 Å². The van der Waals surface area contributed by atoms with Crippen molar-refractivity contribution in [3.8, 4) is 5.75 Å². The summed E-state index contributed by atoms with van der Waals surface area (Å²) in [7, 11) is -9.55. The number of aromatic hydroxyl groups is 1. The Morgan fingerprint density at radius 1 is 0.871 bits per heavy atom. The van der Waals surface area contributed by atoms with Gasteiger partial charge in [0.2, 0.25) is 0 Å². The Labute approximate surface area is 197 Å². The van der Waals surface area contributed by atoms with Crippen LogP contribution in [0.2, 0.25) is 0 Å². The van der Waals surface area contributed by atoms with Gasteiger partial charge in [-0.15, -0.1) is 5.11 Å². The van der Waals surface area contributed by atoms with E-state index in [1.165, 1.54) is 12.1 Å². The number of nitro benzene ring substituents is 1. The van der Waals surface area contributed by atoms with E-state index < -0.39 is 46.4 Å². The molecule has 0 atom stereocenters. The van der Waals surface area contributed by atoms with E-state index in [4.69, 9.17) is 0 Å². The molecule has 31 heavy (non-hydrogen) atoms. The normalized spacial score (nSPS) is 12.1. The Morgan fingerprint density at radius 3 is 2.00 bits per heavy atom. The maximum atomic E-state index is 11.6. The second-order valence-electron chi connectivity index (χ2n) is 5.88. The van der Waals surface area contributed by atoms with E-state index in [-0.39, 0.29) is 51.7 Å². The molecule has 3 N–H and O–H groups in total. The number of nitro groups is 1. The van der Waals surface area contributed by atoms with Crippen LogP contribution < -0.4 is 29.6 Å². The zero-order chi connectivity index (χ0) is 22.3. The first kappa shape index (κ1) is 24.8. The minimum Gasteiger partial charge on any atom is -0.504 e. The van der Waals surface area contributed by atoms with E-state index >= 15 is 0 Å². The van der Waals surface area contributed by atoms with Crippen LogP contribution >= 0.6 is 0 Å². The third-order valence-electron chi connectivity index (χ3n) is 3.92. The fourth-order valence-corrected chi connectivity index (χ4v) is 3.67. The summed E-state index contributed by atoms with van der Waals surface area (Å²) in [5.74, 6) is -0.949. The van der Waals surface area contributed by atoms with Gasteiger partial charge in [0.15, 0.2) is 5.75 Å². The Bertz CT molecular complexity index is 1420. The first-order valence-corrected chi connectivity index (χ1v) is 10.7. The minimum atomic E-state index is -4.93. The average Bonchev–Trinajstić information content (AvgIpc) is 2.65. The van der Waals surface area contributed by atoms with Gasteiger partial charge >= 0.3 is 29.6 Å². The molecule has 0 aliphatic rings. The van der Waals surface area contributed by atoms with Crippen LogP contribution in [0.1, 0.15) is 0 Å². The van der Waals surface area contributed by atoms with Crippen molar-refractivity contribution < 1.29 is 65.5 Å². The second kappa shape index (κ2) is 8.96. The number of phenolic OH excluding ortho intramolecular Hbond substituents is 1. The number of azo groups is 1. The molecule has 0 spiro atoms. The maximum absolute atomic E-state index is 11.6. The van der Waals surface area contributed by atoms with Crippen molar-refractivity contribution in [3.63, 3.8) is 0 Å². The second-order valence-corrected chi connectivity index (χ2v) is 8.69. The van der Waals surface area contributed by atoms with Gasteiger partial charge in [0.05, 0.1) is 15.5 Å². The maximum Gasteiger partial charge on any atom is 1.00 e. The molecule has 0 aliphatic heterocycles. The van der Waals surface area contributed by atoms with Crippen molar-refractivity contribution in [2.24, 2.45) is 10.2 Å². The van der Waals surface area contributed by atoms with Crippen LogP contribution in [0.5, 0.6) is 5.75 Å². The SMILES string of the molecule is O=[N+]([O-])c1ccc(N=Nc2c(O)c(S(=O)(=O)O)cc3cc(S(=O)(=O)O)ccc23)cc1.[Na+]. The molecule has 0 radical (unpaired) electrons. The summed E-state index contributed by atoms with van der Waals surface area (Å²) in [5, 5.41) is 28.5. The summed E-state index contributed by atoms with van der Waals surface area (Å²) in [6.45, 7) is 0. The number of non-ortho nitro benzene ring substituents is 1. The summed E-state index contributed by atoms with van der Waals surface area (Å²) in [6, 6.07) is 8.68. The third kappa shape index (κ3) is 5.43. The number of benzene rings is 3. The summed E-state index contributed by atoms with van der Waals surface area (Å²) in [5.41, 5.74) is -0.492. The summed E-state index contributed by atoms with van der Waals surface area (Å²) < 4.78 is 64.4. The van der Waals surface area contributed by atoms with Gasteiger partial charge in [-0.1, -0.05) is 6.07 Å². The van der Waals surface area contributed by atoms with Crippen LogP contribution in [0.4, 0.5) is 17.1 Å². The standard InChI is InChI=1S/C16H11N3O9S2.Na/c20-16-14(30(26,27)28)8-9-7-12(29(23,24)25)5-6-13(9)15(16)18-17-10-1-3-11(4-2-10)19(21)22;/h1-8,20H,(H,23,24,25)(H,26,27,28);/q;+1. The Kier molecular flexibility index (Phi) is 7.17. The summed E-state index contributed by atoms with van der Waals surface area (Å²) >= 11 is 0. The van der Waals surface area contributed by atoms with Crippen molar-refractivity contribution in [2.45, 2.75) is 9.79 Å². The van der Waals surface area contributed by atoms with Crippen molar-refractivity contribution in [1.82, 2.24) is 0 Å². The molecule has 3 aromatic carbocycles. The van der Waals surface area contributed by atoms with Crippen molar-refractivity contribution >= 4 is 48.1 Å². The van der Waals surface area contributed by atoms with Gasteiger partial charge < -0.3 is 5.11 Å². The van der Waals surface area contributed by atoms with Gasteiger partial charge in [-0.25, -0.2) is 0 Å². The molecule has 0 bridgehead atoms. The quantitative estimate of drug-likeness (QED) is 0.153. The zero-order valence-electron chi connectivity index (χ0n) is 15.6. The number of hydrogen-bond acceptors (Lipinski definition) is 9. The molecule has 0 fully saturated rings. The number of hydrogen-bond donors (Lipinski definition) is 3. The van der Waals surface area contributed by atoms with Crippen LogP contribution in [0.3, 0.4) is 0 Å². The van der Waals surface area contributed by atoms with Crippen molar-refractivity contribution in [1.29, 1.82) is 0 Å². The van der Waals surface area contributed by atoms with E-state index in [1.54, 1.807) is 0 Å². The predicted octanol–water partition coefficient (Wildman–Crippen LogP) is 0.366. The Balaban J connectivity index is 0.00000341. The van der Waals surface area contributed by atoms with Gasteiger partial charge in [-0.2, -0.15) is 21.9 Å². The molecular weight excluding hydrogens is 465 g/mol. The molecule has 12 nitrogen and oxygen atoms in total. The molecule has 0 heterocycles. The molecule has 0 aromatic heterocycles. The van der Waals surface area contributed by atoms with Crippen molar-refractivity contribution in [3.05, 3.63) is 58.6 Å². The number of nitrogens with zero attached hydrogens (tertiary/aromatic N) is 3. The topological polar surface area (TPSA) is 197 Å². The van der Waals surface area contributed by atoms with E-state index in [2.05, 4.69) is 10.2 Å². The molecular formula is C16H11N3NaO9S2+. The first-order valence-electron chi connectivity index (χ1n) is 7.79. The average molecular weight is 476 g/mol. The third-order valence-corrected chi connectivity index (χ3v) is 5.64. The summed E-state index contributed by atoms with van der Waals surface area (Å²) in [6.07, 6.45) is 0. The molecule has 0 saturated heterocycles. The molecule has 0 aliphatic carbocycles.